The summed E-state index contributed by atoms with van der Waals surface area (Å²) in [5.74, 6) is -0.303. The Labute approximate surface area is 109 Å². The maximum absolute atomic E-state index is 10.8. The minimum atomic E-state index is -0.152. The van der Waals surface area contributed by atoms with Crippen molar-refractivity contribution in [1.82, 2.24) is 5.32 Å². The van der Waals surface area contributed by atoms with E-state index in [1.54, 1.807) is 0 Å². The van der Waals surface area contributed by atoms with Gasteiger partial charge in [-0.25, -0.2) is 0 Å². The van der Waals surface area contributed by atoms with Crippen LogP contribution in [0.5, 0.6) is 0 Å². The summed E-state index contributed by atoms with van der Waals surface area (Å²) < 4.78 is 0. The van der Waals surface area contributed by atoms with Gasteiger partial charge in [0, 0.05) is 64.2 Å². The van der Waals surface area contributed by atoms with Gasteiger partial charge in [0.05, 0.1) is 0 Å². The van der Waals surface area contributed by atoms with E-state index >= 15 is 0 Å². The predicted octanol–water partition coefficient (Wildman–Crippen LogP) is 0.0684. The first kappa shape index (κ1) is 11.8. The SMILES string of the molecule is CC1(C)CC(=O)NC(=O)C1.[K]. The average Bonchev–Trinajstić information content (AvgIpc) is 1.54. The van der Waals surface area contributed by atoms with E-state index in [0.29, 0.717) is 12.8 Å². The summed E-state index contributed by atoms with van der Waals surface area (Å²) in [4.78, 5) is 21.5. The Morgan fingerprint density at radius 1 is 1.18 bits per heavy atom. The van der Waals surface area contributed by atoms with Gasteiger partial charge in [-0.2, -0.15) is 0 Å². The monoisotopic (exact) mass is 180 g/mol. The summed E-state index contributed by atoms with van der Waals surface area (Å²) in [6.07, 6.45) is 0.914. The Hall–Kier alpha value is 0.776. The molecule has 1 saturated heterocycles. The zero-order valence-corrected chi connectivity index (χ0v) is 10.4. The first-order valence-corrected chi connectivity index (χ1v) is 3.32. The quantitative estimate of drug-likeness (QED) is 0.423. The molecule has 1 aliphatic heterocycles. The second kappa shape index (κ2) is 4.14. The molecule has 1 aliphatic rings. The third kappa shape index (κ3) is 3.80. The summed E-state index contributed by atoms with van der Waals surface area (Å²) in [6.45, 7) is 3.84. The molecule has 57 valence electrons. The molecule has 1 rings (SSSR count). The van der Waals surface area contributed by atoms with Crippen LogP contribution in [0, 0.1) is 5.41 Å². The Morgan fingerprint density at radius 3 is 1.82 bits per heavy atom. The molecule has 3 nitrogen and oxygen atoms in total. The fraction of sp³-hybridized carbons (Fsp3) is 0.714. The van der Waals surface area contributed by atoms with Crippen molar-refractivity contribution in [2.75, 3.05) is 0 Å². The molecule has 0 aromatic rings. The zero-order valence-electron chi connectivity index (χ0n) is 7.23. The average molecular weight is 180 g/mol. The molecule has 1 fully saturated rings. The van der Waals surface area contributed by atoms with Crippen molar-refractivity contribution in [1.29, 1.82) is 0 Å². The molecule has 0 aliphatic carbocycles. The van der Waals surface area contributed by atoms with Crippen molar-refractivity contribution in [3.05, 3.63) is 0 Å². The molecular weight excluding hydrogens is 169 g/mol. The number of carbonyl (C=O) groups is 2. The van der Waals surface area contributed by atoms with Crippen LogP contribution in [0.1, 0.15) is 26.7 Å². The van der Waals surface area contributed by atoms with E-state index in [4.69, 9.17) is 0 Å². The number of hydrogen-bond acceptors (Lipinski definition) is 2. The van der Waals surface area contributed by atoms with Crippen LogP contribution < -0.4 is 5.32 Å². The number of imide groups is 1. The van der Waals surface area contributed by atoms with Crippen molar-refractivity contribution >= 4 is 63.2 Å². The summed E-state index contributed by atoms with van der Waals surface area (Å²) >= 11 is 0. The zero-order chi connectivity index (χ0) is 7.78. The van der Waals surface area contributed by atoms with Crippen LogP contribution in [0.25, 0.3) is 0 Å². The molecule has 0 unspecified atom stereocenters. The molecule has 0 bridgehead atoms. The molecule has 0 aromatic heterocycles. The molecule has 2 amide bonds. The fourth-order valence-electron chi connectivity index (χ4n) is 1.18. The minimum absolute atomic E-state index is 0. The summed E-state index contributed by atoms with van der Waals surface area (Å²) in [6, 6.07) is 0. The molecule has 0 aromatic carbocycles. The molecule has 0 spiro atoms. The van der Waals surface area contributed by atoms with Crippen LogP contribution in [0.2, 0.25) is 0 Å². The van der Waals surface area contributed by atoms with Crippen LogP contribution in [-0.4, -0.2) is 63.2 Å². The van der Waals surface area contributed by atoms with Gasteiger partial charge >= 0.3 is 0 Å². The number of amides is 2. The van der Waals surface area contributed by atoms with E-state index in [-0.39, 0.29) is 68.6 Å². The second-order valence-corrected chi connectivity index (χ2v) is 3.49. The van der Waals surface area contributed by atoms with Gasteiger partial charge in [0.2, 0.25) is 11.8 Å². The molecule has 0 atom stereocenters. The Morgan fingerprint density at radius 2 is 1.55 bits per heavy atom. The summed E-state index contributed by atoms with van der Waals surface area (Å²) in [7, 11) is 0. The smallest absolute Gasteiger partial charge is 0.227 e. The van der Waals surface area contributed by atoms with E-state index in [9.17, 15) is 9.59 Å². The van der Waals surface area contributed by atoms with Gasteiger partial charge in [0.15, 0.2) is 0 Å². The number of nitrogens with one attached hydrogen (secondary N) is 1. The molecule has 0 saturated carbocycles. The Kier molecular flexibility index (Phi) is 4.43. The standard InChI is InChI=1S/C7H11NO2.K/c1-7(2)3-5(9)8-6(10)4-7;/h3-4H2,1-2H3,(H,8,9,10);. The largest absolute Gasteiger partial charge is 0.296 e. The first-order chi connectivity index (χ1) is 4.49. The van der Waals surface area contributed by atoms with Crippen molar-refractivity contribution in [2.45, 2.75) is 26.7 Å². The summed E-state index contributed by atoms with van der Waals surface area (Å²) in [5.41, 5.74) is -0.139. The Bertz CT molecular complexity index is 171. The molecular formula is C7H11KNO2. The van der Waals surface area contributed by atoms with Crippen LogP contribution in [0.3, 0.4) is 0 Å². The molecule has 1 N–H and O–H groups in total. The normalized spacial score (nSPS) is 22.0. The van der Waals surface area contributed by atoms with Crippen LogP contribution in [0.15, 0.2) is 0 Å². The molecule has 1 radical (unpaired) electrons. The third-order valence-electron chi connectivity index (χ3n) is 1.56. The van der Waals surface area contributed by atoms with Gasteiger partial charge in [-0.05, 0) is 5.41 Å². The number of hydrogen-bond donors (Lipinski definition) is 1. The van der Waals surface area contributed by atoms with Gasteiger partial charge in [0.1, 0.15) is 0 Å². The Balaban J connectivity index is 0.000001000. The topological polar surface area (TPSA) is 46.2 Å². The summed E-state index contributed by atoms with van der Waals surface area (Å²) in [5, 5.41) is 2.26. The molecule has 11 heavy (non-hydrogen) atoms. The molecule has 4 heteroatoms. The maximum atomic E-state index is 10.8. The third-order valence-corrected chi connectivity index (χ3v) is 1.56. The van der Waals surface area contributed by atoms with Gasteiger partial charge in [-0.15, -0.1) is 0 Å². The van der Waals surface area contributed by atoms with Crippen molar-refractivity contribution in [2.24, 2.45) is 5.41 Å². The molecule has 1 heterocycles. The van der Waals surface area contributed by atoms with Gasteiger partial charge in [0.25, 0.3) is 0 Å². The minimum Gasteiger partial charge on any atom is -0.296 e. The number of carbonyl (C=O) groups excluding carboxylic acids is 2. The number of rotatable bonds is 0. The van der Waals surface area contributed by atoms with Crippen molar-refractivity contribution in [3.63, 3.8) is 0 Å². The van der Waals surface area contributed by atoms with E-state index in [2.05, 4.69) is 5.32 Å². The maximum Gasteiger partial charge on any atom is 0.227 e. The van der Waals surface area contributed by atoms with Crippen LogP contribution >= 0.6 is 0 Å². The van der Waals surface area contributed by atoms with E-state index in [0.717, 1.165) is 0 Å². The van der Waals surface area contributed by atoms with Gasteiger partial charge in [-0.1, -0.05) is 13.8 Å². The van der Waals surface area contributed by atoms with Crippen LogP contribution in [0.4, 0.5) is 0 Å². The van der Waals surface area contributed by atoms with E-state index < -0.39 is 0 Å². The van der Waals surface area contributed by atoms with E-state index in [1.165, 1.54) is 0 Å². The van der Waals surface area contributed by atoms with E-state index in [1.807, 2.05) is 13.8 Å². The predicted molar refractivity (Wildman–Crippen MR) is 41.9 cm³/mol. The van der Waals surface area contributed by atoms with Crippen molar-refractivity contribution in [3.8, 4) is 0 Å². The second-order valence-electron chi connectivity index (χ2n) is 3.49. The van der Waals surface area contributed by atoms with Gasteiger partial charge in [-0.3, -0.25) is 14.9 Å². The number of piperidine rings is 1. The first-order valence-electron chi connectivity index (χ1n) is 3.32. The van der Waals surface area contributed by atoms with Crippen molar-refractivity contribution < 1.29 is 9.59 Å². The van der Waals surface area contributed by atoms with Crippen LogP contribution in [-0.2, 0) is 9.59 Å². The van der Waals surface area contributed by atoms with Gasteiger partial charge < -0.3 is 0 Å². The fourth-order valence-corrected chi connectivity index (χ4v) is 1.18.